The van der Waals surface area contributed by atoms with Crippen molar-refractivity contribution in [1.82, 2.24) is 0 Å². The summed E-state index contributed by atoms with van der Waals surface area (Å²) < 4.78 is 0.480. The van der Waals surface area contributed by atoms with Crippen LogP contribution in [0.5, 0.6) is 0 Å². The zero-order valence-corrected chi connectivity index (χ0v) is 21.0. The van der Waals surface area contributed by atoms with E-state index in [0.29, 0.717) is 24.2 Å². The molecule has 2 aromatic carbocycles. The summed E-state index contributed by atoms with van der Waals surface area (Å²) in [7, 11) is 0. The van der Waals surface area contributed by atoms with Gasteiger partial charge in [-0.3, -0.25) is 14.4 Å². The molecular weight excluding hydrogens is 548 g/mol. The van der Waals surface area contributed by atoms with Crippen LogP contribution in [0, 0.1) is 0 Å². The predicted octanol–water partition coefficient (Wildman–Crippen LogP) is 6.60. The fourth-order valence-corrected chi connectivity index (χ4v) is 3.59. The molecule has 0 spiro atoms. The Morgan fingerprint density at radius 1 is 0.788 bits per heavy atom. The molecule has 2 N–H and O–H groups in total. The van der Waals surface area contributed by atoms with Crippen LogP contribution in [-0.2, 0) is 14.4 Å². The lowest BCUT2D eigenvalue weighted by Crippen LogP contribution is -2.13. The molecule has 0 aliphatic heterocycles. The van der Waals surface area contributed by atoms with E-state index in [1.165, 1.54) is 0 Å². The third kappa shape index (κ3) is 6.97. The maximum atomic E-state index is 13.1. The number of carbonyl (C=O) groups excluding carboxylic acids is 3. The molecule has 1 aliphatic rings. The summed E-state index contributed by atoms with van der Waals surface area (Å²) in [6.45, 7) is 7.12. The first-order valence-corrected chi connectivity index (χ1v) is 11.8. The van der Waals surface area contributed by atoms with Gasteiger partial charge in [0, 0.05) is 22.5 Å². The fraction of sp³-hybridized carbons (Fsp3) is 0.115. The van der Waals surface area contributed by atoms with E-state index < -0.39 is 0 Å². The van der Waals surface area contributed by atoms with E-state index in [9.17, 15) is 14.4 Å². The van der Waals surface area contributed by atoms with Crippen molar-refractivity contribution >= 4 is 73.0 Å². The molecule has 0 heterocycles. The molecule has 0 aromatic heterocycles. The molecule has 0 saturated heterocycles. The number of halogens is 2. The van der Waals surface area contributed by atoms with E-state index >= 15 is 0 Å². The number of benzene rings is 2. The van der Waals surface area contributed by atoms with Crippen LogP contribution in [0.25, 0.3) is 12.2 Å². The number of anilines is 2. The highest BCUT2D eigenvalue weighted by molar-refractivity contribution is 9.12. The Hall–Kier alpha value is -3.03. The van der Waals surface area contributed by atoms with Crippen LogP contribution in [0.4, 0.5) is 11.4 Å². The van der Waals surface area contributed by atoms with Crippen LogP contribution in [0.15, 0.2) is 81.8 Å². The lowest BCUT2D eigenvalue weighted by Gasteiger charge is -2.17. The van der Waals surface area contributed by atoms with Gasteiger partial charge in [0.25, 0.3) is 11.8 Å². The van der Waals surface area contributed by atoms with Gasteiger partial charge in [0.15, 0.2) is 5.78 Å². The summed E-state index contributed by atoms with van der Waals surface area (Å²) >= 11 is 6.13. The number of hydrogen-bond donors (Lipinski definition) is 2. The van der Waals surface area contributed by atoms with Gasteiger partial charge in [0.05, 0.1) is 8.96 Å². The van der Waals surface area contributed by atoms with Gasteiger partial charge in [0.2, 0.25) is 0 Å². The first-order valence-electron chi connectivity index (χ1n) is 10.2. The van der Waals surface area contributed by atoms with Gasteiger partial charge < -0.3 is 10.6 Å². The predicted molar refractivity (Wildman–Crippen MR) is 141 cm³/mol. The van der Waals surface area contributed by atoms with Crippen molar-refractivity contribution in [1.29, 1.82) is 0 Å². The smallest absolute Gasteiger partial charge is 0.262 e. The van der Waals surface area contributed by atoms with E-state index in [1.54, 1.807) is 12.1 Å². The third-order valence-electron chi connectivity index (χ3n) is 4.94. The summed E-state index contributed by atoms with van der Waals surface area (Å²) in [4.78, 5) is 36.8. The molecular formula is C26H22Br2N2O3. The minimum Gasteiger partial charge on any atom is -0.322 e. The number of rotatable bonds is 6. The summed E-state index contributed by atoms with van der Waals surface area (Å²) in [5.41, 5.74) is 4.36. The highest BCUT2D eigenvalue weighted by atomic mass is 79.9. The molecule has 2 amide bonds. The van der Waals surface area contributed by atoms with Crippen molar-refractivity contribution in [3.05, 3.63) is 92.9 Å². The maximum Gasteiger partial charge on any atom is 0.262 e. The van der Waals surface area contributed by atoms with Crippen molar-refractivity contribution in [2.24, 2.45) is 0 Å². The summed E-state index contributed by atoms with van der Waals surface area (Å²) in [5.74, 6) is -0.636. The summed E-state index contributed by atoms with van der Waals surface area (Å²) in [6.07, 6.45) is 5.98. The monoisotopic (exact) mass is 568 g/mol. The average molecular weight is 570 g/mol. The lowest BCUT2D eigenvalue weighted by atomic mass is 9.87. The normalized spacial score (nSPS) is 15.9. The molecule has 0 bridgehead atoms. The van der Waals surface area contributed by atoms with Gasteiger partial charge in [-0.15, -0.1) is 0 Å². The molecule has 33 heavy (non-hydrogen) atoms. The van der Waals surface area contributed by atoms with Gasteiger partial charge in [-0.1, -0.05) is 37.4 Å². The van der Waals surface area contributed by atoms with E-state index in [-0.39, 0.29) is 26.6 Å². The fourth-order valence-electron chi connectivity index (χ4n) is 3.39. The molecule has 1 fully saturated rings. The molecule has 0 unspecified atom stereocenters. The zero-order valence-electron chi connectivity index (χ0n) is 17.8. The Kier molecular flexibility index (Phi) is 8.36. The number of amides is 2. The molecule has 3 rings (SSSR count). The maximum absolute atomic E-state index is 13.1. The van der Waals surface area contributed by atoms with Crippen molar-refractivity contribution < 1.29 is 14.4 Å². The number of allylic oxidation sites excluding steroid dienone is 2. The van der Waals surface area contributed by atoms with Crippen molar-refractivity contribution in [3.63, 3.8) is 0 Å². The highest BCUT2D eigenvalue weighted by Crippen LogP contribution is 2.29. The number of ketones is 1. The Bertz CT molecular complexity index is 1120. The number of Topliss-reactive ketones (excluding diaryl/α,β-unsaturated/α-hetero) is 1. The van der Waals surface area contributed by atoms with Gasteiger partial charge in [-0.05, 0) is 98.7 Å². The Morgan fingerprint density at radius 2 is 1.21 bits per heavy atom. The van der Waals surface area contributed by atoms with Crippen LogP contribution in [-0.4, -0.2) is 17.6 Å². The second kappa shape index (κ2) is 11.2. The third-order valence-corrected chi connectivity index (χ3v) is 5.66. The van der Waals surface area contributed by atoms with Crippen LogP contribution < -0.4 is 10.6 Å². The minimum atomic E-state index is -0.322. The average Bonchev–Trinajstić information content (AvgIpc) is 2.77. The summed E-state index contributed by atoms with van der Waals surface area (Å²) in [5, 5.41) is 5.50. The van der Waals surface area contributed by atoms with Gasteiger partial charge in [0.1, 0.15) is 0 Å². The quantitative estimate of drug-likeness (QED) is 0.385. The molecule has 7 heteroatoms. The first kappa shape index (κ1) is 24.6. The zero-order chi connectivity index (χ0) is 24.0. The largest absolute Gasteiger partial charge is 0.322 e. The van der Waals surface area contributed by atoms with E-state index in [1.807, 2.05) is 48.6 Å². The van der Waals surface area contributed by atoms with Crippen molar-refractivity contribution in [2.45, 2.75) is 19.3 Å². The molecule has 168 valence electrons. The topological polar surface area (TPSA) is 75.3 Å². The van der Waals surface area contributed by atoms with Gasteiger partial charge >= 0.3 is 0 Å². The van der Waals surface area contributed by atoms with E-state index in [4.69, 9.17) is 0 Å². The summed E-state index contributed by atoms with van der Waals surface area (Å²) in [6, 6.07) is 14.6. The molecule has 0 radical (unpaired) electrons. The molecule has 2 aromatic rings. The first-order chi connectivity index (χ1) is 15.7. The van der Waals surface area contributed by atoms with Gasteiger partial charge in [-0.25, -0.2) is 0 Å². The van der Waals surface area contributed by atoms with Gasteiger partial charge in [-0.2, -0.15) is 0 Å². The molecule has 0 atom stereocenters. The minimum absolute atomic E-state index is 0.00722. The van der Waals surface area contributed by atoms with Crippen LogP contribution in [0.1, 0.15) is 30.4 Å². The number of nitrogens with one attached hydrogen (secondary N) is 2. The second-order valence-electron chi connectivity index (χ2n) is 7.49. The Balaban J connectivity index is 1.80. The lowest BCUT2D eigenvalue weighted by molar-refractivity contribution is -0.113. The molecule has 1 saturated carbocycles. The van der Waals surface area contributed by atoms with Crippen molar-refractivity contribution in [2.75, 3.05) is 10.6 Å². The number of hydrogen-bond acceptors (Lipinski definition) is 3. The number of carbonyl (C=O) groups is 3. The van der Waals surface area contributed by atoms with E-state index in [0.717, 1.165) is 28.7 Å². The van der Waals surface area contributed by atoms with Crippen molar-refractivity contribution in [3.8, 4) is 0 Å². The second-order valence-corrected chi connectivity index (χ2v) is 9.41. The SMILES string of the molecule is C=C(Br)C(=O)Nc1cccc(/C=C2\CCC/C(=C\c3cccc(NC(=O)C(=C)Br)c3)C2=O)c1. The standard InChI is InChI=1S/C26H22Br2N2O3/c1-16(27)25(32)29-22-10-3-6-18(14-22)12-20-8-5-9-21(24(20)31)13-19-7-4-11-23(15-19)30-26(33)17(2)28/h3-4,6-7,10-15H,1-2,5,8-9H2,(H,29,32)(H,30,33)/b20-12+,21-13+. The molecule has 1 aliphatic carbocycles. The van der Waals surface area contributed by atoms with Crippen LogP contribution in [0.2, 0.25) is 0 Å². The van der Waals surface area contributed by atoms with E-state index in [2.05, 4.69) is 55.7 Å². The Labute approximate surface area is 209 Å². The Morgan fingerprint density at radius 3 is 1.61 bits per heavy atom. The van der Waals surface area contributed by atoms with Crippen LogP contribution >= 0.6 is 31.9 Å². The highest BCUT2D eigenvalue weighted by Gasteiger charge is 2.20. The van der Waals surface area contributed by atoms with Crippen LogP contribution in [0.3, 0.4) is 0 Å². The molecule has 5 nitrogen and oxygen atoms in total.